The van der Waals surface area contributed by atoms with Crippen molar-refractivity contribution in [2.75, 3.05) is 19.6 Å². The average molecular weight is 580 g/mol. The summed E-state index contributed by atoms with van der Waals surface area (Å²) >= 11 is 0. The van der Waals surface area contributed by atoms with Gasteiger partial charge in [-0.05, 0) is 62.1 Å². The smallest absolute Gasteiger partial charge is 0.351 e. The fourth-order valence-corrected chi connectivity index (χ4v) is 7.99. The van der Waals surface area contributed by atoms with Crippen molar-refractivity contribution in [3.8, 4) is 0 Å². The normalized spacial score (nSPS) is 26.5. The van der Waals surface area contributed by atoms with Crippen LogP contribution in [0.25, 0.3) is 0 Å². The number of benzene rings is 2. The van der Waals surface area contributed by atoms with E-state index in [2.05, 4.69) is 5.32 Å². The number of rotatable bonds is 6. The molecule has 40 heavy (non-hydrogen) atoms. The summed E-state index contributed by atoms with van der Waals surface area (Å²) in [7, 11) is -3.63. The molecule has 0 bridgehead atoms. The van der Waals surface area contributed by atoms with Crippen molar-refractivity contribution < 1.29 is 31.3 Å². The second-order valence-corrected chi connectivity index (χ2v) is 13.0. The Morgan fingerprint density at radius 3 is 2.23 bits per heavy atom. The Bertz CT molecular complexity index is 1330. The van der Waals surface area contributed by atoms with E-state index in [1.807, 2.05) is 6.92 Å². The zero-order chi connectivity index (χ0) is 28.7. The molecular weight excluding hydrogens is 545 g/mol. The van der Waals surface area contributed by atoms with E-state index in [0.717, 1.165) is 11.1 Å². The number of amides is 1. The second-order valence-electron chi connectivity index (χ2n) is 11.1. The monoisotopic (exact) mass is 579 g/mol. The molecule has 4 atom stereocenters. The van der Waals surface area contributed by atoms with Gasteiger partial charge in [-0.1, -0.05) is 48.0 Å². The Labute approximate surface area is 232 Å². The van der Waals surface area contributed by atoms with Crippen molar-refractivity contribution in [1.29, 1.82) is 0 Å². The van der Waals surface area contributed by atoms with Crippen LogP contribution in [0.3, 0.4) is 0 Å². The van der Waals surface area contributed by atoms with Crippen molar-refractivity contribution in [3.05, 3.63) is 70.6 Å². The summed E-state index contributed by atoms with van der Waals surface area (Å²) in [5, 5.41) is 3.81. The highest BCUT2D eigenvalue weighted by atomic mass is 32.2. The third-order valence-electron chi connectivity index (χ3n) is 8.67. The molecule has 0 radical (unpaired) electrons. The van der Waals surface area contributed by atoms with Crippen molar-refractivity contribution in [3.63, 3.8) is 0 Å². The predicted molar refractivity (Wildman–Crippen MR) is 141 cm³/mol. The van der Waals surface area contributed by atoms with Gasteiger partial charge in [0.2, 0.25) is 15.9 Å². The molecule has 0 aliphatic carbocycles. The molecule has 1 amide bonds. The summed E-state index contributed by atoms with van der Waals surface area (Å²) in [6, 6.07) is 12.3. The first-order chi connectivity index (χ1) is 19.0. The molecule has 3 heterocycles. The van der Waals surface area contributed by atoms with Crippen LogP contribution in [0.4, 0.5) is 13.2 Å². The molecule has 5 rings (SSSR count). The molecule has 4 unspecified atom stereocenters. The number of hydrogen-bond acceptors (Lipinski definition) is 4. The van der Waals surface area contributed by atoms with E-state index >= 15 is 0 Å². The number of nitrogens with one attached hydrogen (secondary N) is 1. The first-order valence-corrected chi connectivity index (χ1v) is 15.1. The third-order valence-corrected chi connectivity index (χ3v) is 10.6. The fourth-order valence-electron chi connectivity index (χ4n) is 6.52. The van der Waals surface area contributed by atoms with Gasteiger partial charge >= 0.3 is 12.2 Å². The lowest BCUT2D eigenvalue weighted by molar-refractivity contribution is -0.735. The zero-order valence-corrected chi connectivity index (χ0v) is 23.1. The number of sulfonamides is 1. The molecule has 3 aliphatic heterocycles. The quantitative estimate of drug-likeness (QED) is 0.522. The number of carbonyl (C=O) groups is 1. The summed E-state index contributed by atoms with van der Waals surface area (Å²) < 4.78 is 69.9. The number of aryl methyl sites for hydroxylation is 1. The van der Waals surface area contributed by atoms with E-state index in [9.17, 15) is 31.3 Å². The van der Waals surface area contributed by atoms with Crippen molar-refractivity contribution in [2.24, 2.45) is 17.8 Å². The van der Waals surface area contributed by atoms with Crippen LogP contribution in [-0.4, -0.2) is 66.4 Å². The highest BCUT2D eigenvalue weighted by Crippen LogP contribution is 2.45. The van der Waals surface area contributed by atoms with Crippen LogP contribution in [0.2, 0.25) is 0 Å². The average Bonchev–Trinajstić information content (AvgIpc) is 3.25. The summed E-state index contributed by atoms with van der Waals surface area (Å²) in [5.41, 5.74) is 1.72. The van der Waals surface area contributed by atoms with E-state index < -0.39 is 40.1 Å². The molecule has 12 heteroatoms. The minimum atomic E-state index is -4.86. The minimum absolute atomic E-state index is 0.00436. The molecule has 2 aromatic rings. The SMILES string of the molecule is Cc1ccc(S(=O)(=O)N2CCC(C3CCN4C(C3)C(C(=O)NCc3ccccc3)C(C(F)(F)F)[N+]4=O)CC2)cc1. The predicted octanol–water partition coefficient (Wildman–Crippen LogP) is 4.05. The molecule has 3 saturated heterocycles. The Morgan fingerprint density at radius 2 is 1.60 bits per heavy atom. The van der Waals surface area contributed by atoms with Gasteiger partial charge in [0, 0.05) is 19.6 Å². The van der Waals surface area contributed by atoms with Crippen LogP contribution >= 0.6 is 0 Å². The summed E-state index contributed by atoms with van der Waals surface area (Å²) in [4.78, 5) is 26.2. The van der Waals surface area contributed by atoms with Crippen LogP contribution in [0, 0.1) is 29.6 Å². The van der Waals surface area contributed by atoms with E-state index in [0.29, 0.717) is 32.4 Å². The number of carbonyl (C=O) groups excluding carboxylic acids is 1. The number of hydrogen-bond donors (Lipinski definition) is 1. The van der Waals surface area contributed by atoms with Crippen molar-refractivity contribution in [1.82, 2.24) is 14.6 Å². The number of piperidine rings is 2. The molecule has 3 fully saturated rings. The Kier molecular flexibility index (Phi) is 7.93. The van der Waals surface area contributed by atoms with Gasteiger partial charge in [-0.2, -0.15) is 17.5 Å². The minimum Gasteiger partial charge on any atom is -0.351 e. The van der Waals surface area contributed by atoms with Gasteiger partial charge in [0.05, 0.1) is 16.3 Å². The maximum absolute atomic E-state index is 14.1. The molecular formula is C28H34F3N4O4S+. The Balaban J connectivity index is 1.27. The number of alkyl halides is 3. The molecule has 8 nitrogen and oxygen atoms in total. The first-order valence-electron chi connectivity index (χ1n) is 13.6. The van der Waals surface area contributed by atoms with E-state index in [1.54, 1.807) is 54.6 Å². The first kappa shape index (κ1) is 28.5. The lowest BCUT2D eigenvalue weighted by Crippen LogP contribution is -2.49. The molecule has 0 aromatic heterocycles. The molecule has 1 N–H and O–H groups in total. The Hall–Kier alpha value is -2.99. The van der Waals surface area contributed by atoms with Gasteiger partial charge < -0.3 is 5.32 Å². The standard InChI is InChI=1S/C28H33F3N4O4S/c1-19-7-9-23(10-8-19)40(38,39)33-14-11-21(12-15-33)22-13-16-34-24(17-22)25(26(35(34)37)28(29,30)31)27(36)32-18-20-5-3-2-4-6-20/h2-10,21-22,24-26H,11-18H2,1H3/p+1. The van der Waals surface area contributed by atoms with Gasteiger partial charge in [0.15, 0.2) is 0 Å². The number of hydrazine groups is 1. The molecule has 216 valence electrons. The summed E-state index contributed by atoms with van der Waals surface area (Å²) in [6.07, 6.45) is -2.90. The fraction of sp³-hybridized carbons (Fsp3) is 0.536. The van der Waals surface area contributed by atoms with Crippen LogP contribution in [-0.2, 0) is 21.4 Å². The lowest BCUT2D eigenvalue weighted by atomic mass is 9.74. The van der Waals surface area contributed by atoms with Gasteiger partial charge in [0.1, 0.15) is 16.8 Å². The largest absolute Gasteiger partial charge is 0.460 e. The Morgan fingerprint density at radius 1 is 0.975 bits per heavy atom. The van der Waals surface area contributed by atoms with Gasteiger partial charge in [-0.15, -0.1) is 5.01 Å². The lowest BCUT2D eigenvalue weighted by Gasteiger charge is -2.39. The number of nitrogens with zero attached hydrogens (tertiary/aromatic N) is 3. The van der Waals surface area contributed by atoms with Crippen LogP contribution in [0.1, 0.15) is 36.8 Å². The third kappa shape index (κ3) is 5.60. The number of nitroso groups, excluding NO2 is 1. The number of halogens is 3. The van der Waals surface area contributed by atoms with Crippen LogP contribution in [0.15, 0.2) is 59.5 Å². The van der Waals surface area contributed by atoms with Crippen LogP contribution < -0.4 is 5.32 Å². The van der Waals surface area contributed by atoms with E-state index in [-0.39, 0.29) is 41.1 Å². The topological polar surface area (TPSA) is 89.8 Å². The van der Waals surface area contributed by atoms with Gasteiger partial charge in [-0.3, -0.25) is 4.79 Å². The van der Waals surface area contributed by atoms with Gasteiger partial charge in [-0.25, -0.2) is 8.42 Å². The maximum atomic E-state index is 14.1. The van der Waals surface area contributed by atoms with E-state index in [1.165, 1.54) is 9.31 Å². The van der Waals surface area contributed by atoms with Crippen LogP contribution in [0.5, 0.6) is 0 Å². The van der Waals surface area contributed by atoms with Crippen molar-refractivity contribution in [2.45, 2.75) is 62.3 Å². The maximum Gasteiger partial charge on any atom is 0.460 e. The number of fused-ring (bicyclic) bond motifs is 1. The highest BCUT2D eigenvalue weighted by molar-refractivity contribution is 7.89. The molecule has 0 spiro atoms. The van der Waals surface area contributed by atoms with Gasteiger partial charge in [0.25, 0.3) is 0 Å². The van der Waals surface area contributed by atoms with E-state index in [4.69, 9.17) is 0 Å². The zero-order valence-electron chi connectivity index (χ0n) is 22.3. The molecule has 0 saturated carbocycles. The molecule has 3 aliphatic rings. The summed E-state index contributed by atoms with van der Waals surface area (Å²) in [5.74, 6) is -2.23. The molecule has 2 aromatic carbocycles. The highest BCUT2D eigenvalue weighted by Gasteiger charge is 2.70. The van der Waals surface area contributed by atoms with Crippen molar-refractivity contribution >= 4 is 15.9 Å². The second kappa shape index (κ2) is 11.1. The summed E-state index contributed by atoms with van der Waals surface area (Å²) in [6.45, 7) is 2.74.